The maximum absolute atomic E-state index is 11.1. The molecule has 2 aliphatic rings. The highest BCUT2D eigenvalue weighted by Crippen LogP contribution is 2.35. The number of carbonyl (C=O) groups is 1. The summed E-state index contributed by atoms with van der Waals surface area (Å²) in [6, 6.07) is 1.06. The van der Waals surface area contributed by atoms with E-state index < -0.39 is 5.97 Å². The van der Waals surface area contributed by atoms with Crippen molar-refractivity contribution in [2.24, 2.45) is 11.8 Å². The molecule has 0 saturated heterocycles. The average Bonchev–Trinajstić information content (AvgIpc) is 2.89. The van der Waals surface area contributed by atoms with Crippen LogP contribution >= 0.6 is 0 Å². The number of rotatable bonds is 5. The van der Waals surface area contributed by atoms with Crippen LogP contribution in [0.3, 0.4) is 0 Å². The van der Waals surface area contributed by atoms with Gasteiger partial charge in [0.1, 0.15) is 0 Å². The largest absolute Gasteiger partial charge is 0.480 e. The van der Waals surface area contributed by atoms with Gasteiger partial charge in [-0.15, -0.1) is 0 Å². The van der Waals surface area contributed by atoms with Crippen molar-refractivity contribution in [3.8, 4) is 0 Å². The van der Waals surface area contributed by atoms with E-state index in [2.05, 4.69) is 18.7 Å². The first-order chi connectivity index (χ1) is 9.08. The topological polar surface area (TPSA) is 40.5 Å². The van der Waals surface area contributed by atoms with Crippen molar-refractivity contribution in [3.63, 3.8) is 0 Å². The van der Waals surface area contributed by atoms with E-state index >= 15 is 0 Å². The van der Waals surface area contributed by atoms with Gasteiger partial charge in [0.15, 0.2) is 0 Å². The Bertz CT molecular complexity index is 289. The summed E-state index contributed by atoms with van der Waals surface area (Å²) in [7, 11) is 0. The Morgan fingerprint density at radius 1 is 1.05 bits per heavy atom. The predicted molar refractivity (Wildman–Crippen MR) is 77.2 cm³/mol. The molecule has 19 heavy (non-hydrogen) atoms. The molecule has 2 saturated carbocycles. The van der Waals surface area contributed by atoms with Crippen LogP contribution < -0.4 is 0 Å². The average molecular weight is 267 g/mol. The molecule has 0 atom stereocenters. The summed E-state index contributed by atoms with van der Waals surface area (Å²) in [5, 5.41) is 9.17. The van der Waals surface area contributed by atoms with Crippen molar-refractivity contribution >= 4 is 5.97 Å². The minimum atomic E-state index is -0.655. The molecule has 0 radical (unpaired) electrons. The lowest BCUT2D eigenvalue weighted by Crippen LogP contribution is -2.46. The third-order valence-corrected chi connectivity index (χ3v) is 5.26. The van der Waals surface area contributed by atoms with Gasteiger partial charge in [0.25, 0.3) is 0 Å². The summed E-state index contributed by atoms with van der Waals surface area (Å²) in [6.45, 7) is 4.88. The fourth-order valence-electron chi connectivity index (χ4n) is 4.05. The van der Waals surface area contributed by atoms with Crippen LogP contribution in [0.15, 0.2) is 0 Å². The van der Waals surface area contributed by atoms with Crippen LogP contribution in [0.1, 0.15) is 65.2 Å². The van der Waals surface area contributed by atoms with Gasteiger partial charge in [-0.1, -0.05) is 26.7 Å². The second kappa shape index (κ2) is 6.74. The Hall–Kier alpha value is -0.570. The van der Waals surface area contributed by atoms with Gasteiger partial charge in [-0.3, -0.25) is 9.69 Å². The first-order valence-corrected chi connectivity index (χ1v) is 8.05. The lowest BCUT2D eigenvalue weighted by atomic mass is 9.79. The third-order valence-electron chi connectivity index (χ3n) is 5.26. The zero-order chi connectivity index (χ0) is 13.8. The summed E-state index contributed by atoms with van der Waals surface area (Å²) in [4.78, 5) is 13.5. The van der Waals surface area contributed by atoms with Crippen molar-refractivity contribution in [1.29, 1.82) is 0 Å². The monoisotopic (exact) mass is 267 g/mol. The summed E-state index contributed by atoms with van der Waals surface area (Å²) in [5.41, 5.74) is 0. The molecule has 0 aliphatic heterocycles. The molecular formula is C16H29NO2. The summed E-state index contributed by atoms with van der Waals surface area (Å²) < 4.78 is 0. The molecule has 3 heteroatoms. The number of carboxylic acid groups (broad SMARTS) is 1. The van der Waals surface area contributed by atoms with Gasteiger partial charge in [0.2, 0.25) is 0 Å². The fraction of sp³-hybridized carbons (Fsp3) is 0.938. The normalized spacial score (nSPS) is 29.3. The minimum absolute atomic E-state index is 0.252. The molecule has 0 spiro atoms. The quantitative estimate of drug-likeness (QED) is 0.828. The molecule has 1 N–H and O–H groups in total. The van der Waals surface area contributed by atoms with Crippen molar-refractivity contribution in [2.75, 3.05) is 6.54 Å². The smallest absolute Gasteiger partial charge is 0.317 e. The molecule has 0 amide bonds. The van der Waals surface area contributed by atoms with E-state index in [4.69, 9.17) is 0 Å². The van der Waals surface area contributed by atoms with Crippen LogP contribution in [-0.2, 0) is 4.79 Å². The Labute approximate surface area is 117 Å². The van der Waals surface area contributed by atoms with Gasteiger partial charge in [0.05, 0.1) is 6.54 Å². The second-order valence-electron chi connectivity index (χ2n) is 6.82. The van der Waals surface area contributed by atoms with E-state index in [9.17, 15) is 9.90 Å². The Balaban J connectivity index is 1.93. The second-order valence-corrected chi connectivity index (χ2v) is 6.82. The highest BCUT2D eigenvalue weighted by molar-refractivity contribution is 5.69. The SMILES string of the molecule is CC(C)C1CCC(N(CC(=O)O)C2CCCC2)CC1. The van der Waals surface area contributed by atoms with E-state index in [1.807, 2.05) is 0 Å². The molecule has 2 rings (SSSR count). The van der Waals surface area contributed by atoms with Crippen LogP contribution in [0.25, 0.3) is 0 Å². The zero-order valence-electron chi connectivity index (χ0n) is 12.5. The van der Waals surface area contributed by atoms with Crippen LogP contribution in [-0.4, -0.2) is 34.6 Å². The fourth-order valence-corrected chi connectivity index (χ4v) is 4.05. The molecule has 2 fully saturated rings. The lowest BCUT2D eigenvalue weighted by molar-refractivity contribution is -0.140. The first kappa shape index (κ1) is 14.8. The van der Waals surface area contributed by atoms with Gasteiger partial charge < -0.3 is 5.11 Å². The molecule has 0 unspecified atom stereocenters. The van der Waals surface area contributed by atoms with Crippen molar-refractivity contribution < 1.29 is 9.90 Å². The van der Waals surface area contributed by atoms with E-state index in [1.165, 1.54) is 51.4 Å². The lowest BCUT2D eigenvalue weighted by Gasteiger charge is -2.40. The number of hydrogen-bond donors (Lipinski definition) is 1. The van der Waals surface area contributed by atoms with Gasteiger partial charge in [0, 0.05) is 12.1 Å². The van der Waals surface area contributed by atoms with Crippen LogP contribution in [0, 0.1) is 11.8 Å². The van der Waals surface area contributed by atoms with Crippen LogP contribution in [0.2, 0.25) is 0 Å². The highest BCUT2D eigenvalue weighted by Gasteiger charge is 2.33. The van der Waals surface area contributed by atoms with Gasteiger partial charge in [-0.25, -0.2) is 0 Å². The number of aliphatic carboxylic acids is 1. The summed E-state index contributed by atoms with van der Waals surface area (Å²) >= 11 is 0. The van der Waals surface area contributed by atoms with Crippen molar-refractivity contribution in [3.05, 3.63) is 0 Å². The number of nitrogens with zero attached hydrogens (tertiary/aromatic N) is 1. The van der Waals surface area contributed by atoms with E-state index in [-0.39, 0.29) is 6.54 Å². The number of carboxylic acids is 1. The molecular weight excluding hydrogens is 238 g/mol. The van der Waals surface area contributed by atoms with Crippen LogP contribution in [0.5, 0.6) is 0 Å². The molecule has 110 valence electrons. The summed E-state index contributed by atoms with van der Waals surface area (Å²) in [5.74, 6) is 0.977. The third kappa shape index (κ3) is 3.95. The van der Waals surface area contributed by atoms with E-state index in [0.717, 1.165) is 11.8 Å². The van der Waals surface area contributed by atoms with Crippen molar-refractivity contribution in [1.82, 2.24) is 4.90 Å². The molecule has 0 bridgehead atoms. The number of hydrogen-bond acceptors (Lipinski definition) is 2. The Morgan fingerprint density at radius 3 is 2.05 bits per heavy atom. The van der Waals surface area contributed by atoms with Crippen LogP contribution in [0.4, 0.5) is 0 Å². The standard InChI is InChI=1S/C16H29NO2/c1-12(2)13-7-9-15(10-8-13)17(11-16(18)19)14-5-3-4-6-14/h12-15H,3-11H2,1-2H3,(H,18,19). The molecule has 0 heterocycles. The van der Waals surface area contributed by atoms with Crippen molar-refractivity contribution in [2.45, 2.75) is 77.3 Å². The molecule has 2 aliphatic carbocycles. The van der Waals surface area contributed by atoms with Gasteiger partial charge >= 0.3 is 5.97 Å². The maximum atomic E-state index is 11.1. The molecule has 0 aromatic heterocycles. The van der Waals surface area contributed by atoms with E-state index in [0.29, 0.717) is 12.1 Å². The highest BCUT2D eigenvalue weighted by atomic mass is 16.4. The molecule has 0 aromatic carbocycles. The Morgan fingerprint density at radius 2 is 1.58 bits per heavy atom. The molecule has 0 aromatic rings. The maximum Gasteiger partial charge on any atom is 0.317 e. The van der Waals surface area contributed by atoms with Gasteiger partial charge in [-0.05, 0) is 50.4 Å². The van der Waals surface area contributed by atoms with Gasteiger partial charge in [-0.2, -0.15) is 0 Å². The molecule has 3 nitrogen and oxygen atoms in total. The summed E-state index contributed by atoms with van der Waals surface area (Å²) in [6.07, 6.45) is 9.94. The van der Waals surface area contributed by atoms with E-state index in [1.54, 1.807) is 0 Å². The first-order valence-electron chi connectivity index (χ1n) is 8.05. The zero-order valence-corrected chi connectivity index (χ0v) is 12.5. The predicted octanol–water partition coefficient (Wildman–Crippen LogP) is 3.53. The Kier molecular flexibility index (Phi) is 5.26. The minimum Gasteiger partial charge on any atom is -0.480 e.